The topological polar surface area (TPSA) is 124 Å². The lowest BCUT2D eigenvalue weighted by Gasteiger charge is -2.27. The van der Waals surface area contributed by atoms with Crippen LogP contribution in [0.2, 0.25) is 0 Å². The van der Waals surface area contributed by atoms with Crippen LogP contribution in [0.3, 0.4) is 0 Å². The second-order valence-corrected chi connectivity index (χ2v) is 7.59. The van der Waals surface area contributed by atoms with Crippen molar-refractivity contribution in [2.75, 3.05) is 6.54 Å². The van der Waals surface area contributed by atoms with Gasteiger partial charge in [-0.05, 0) is 25.2 Å². The highest BCUT2D eigenvalue weighted by Gasteiger charge is 2.34. The predicted molar refractivity (Wildman–Crippen MR) is 102 cm³/mol. The van der Waals surface area contributed by atoms with E-state index in [1.807, 2.05) is 13.8 Å². The van der Waals surface area contributed by atoms with Crippen LogP contribution in [0.1, 0.15) is 45.7 Å². The van der Waals surface area contributed by atoms with Crippen LogP contribution in [0.5, 0.6) is 0 Å². The number of aldehydes is 1. The van der Waals surface area contributed by atoms with Gasteiger partial charge in [-0.2, -0.15) is 0 Å². The molecule has 0 spiro atoms. The van der Waals surface area contributed by atoms with Gasteiger partial charge in [0.2, 0.25) is 17.7 Å². The molecule has 1 fully saturated rings. The molecule has 0 bridgehead atoms. The summed E-state index contributed by atoms with van der Waals surface area (Å²) in [6.45, 7) is 5.89. The Labute approximate surface area is 164 Å². The van der Waals surface area contributed by atoms with E-state index >= 15 is 0 Å². The van der Waals surface area contributed by atoms with Gasteiger partial charge in [-0.15, -0.1) is 0 Å². The second kappa shape index (κ2) is 10.0. The van der Waals surface area contributed by atoms with Crippen molar-refractivity contribution in [3.05, 3.63) is 18.2 Å². The van der Waals surface area contributed by atoms with Gasteiger partial charge in [0.1, 0.15) is 18.4 Å². The number of likely N-dealkylation sites (tertiary alicyclic amines) is 1. The van der Waals surface area contributed by atoms with Gasteiger partial charge in [-0.3, -0.25) is 14.4 Å². The summed E-state index contributed by atoms with van der Waals surface area (Å²) in [5, 5.41) is 5.47. The summed E-state index contributed by atoms with van der Waals surface area (Å²) >= 11 is 0. The van der Waals surface area contributed by atoms with E-state index < -0.39 is 24.0 Å². The lowest BCUT2D eigenvalue weighted by Crippen LogP contribution is -2.55. The molecule has 3 amide bonds. The molecule has 1 aliphatic rings. The number of nitrogens with one attached hydrogen (secondary N) is 3. The standard InChI is InChI=1S/C19H29N5O4/c1-12(2)7-16(23-19(28)17-5-4-6-24(17)13(3)26)18(27)22-15(10-25)8-14-9-20-11-21-14/h9-12,15-17H,4-8H2,1-3H3,(H,20,21)(H,22,27)(H,23,28). The number of hydrogen-bond donors (Lipinski definition) is 3. The van der Waals surface area contributed by atoms with Crippen molar-refractivity contribution in [3.8, 4) is 0 Å². The van der Waals surface area contributed by atoms with Gasteiger partial charge >= 0.3 is 0 Å². The van der Waals surface area contributed by atoms with Crippen molar-refractivity contribution >= 4 is 24.0 Å². The fraction of sp³-hybridized carbons (Fsp3) is 0.632. The minimum absolute atomic E-state index is 0.150. The molecule has 28 heavy (non-hydrogen) atoms. The summed E-state index contributed by atoms with van der Waals surface area (Å²) in [7, 11) is 0. The molecule has 2 heterocycles. The second-order valence-electron chi connectivity index (χ2n) is 7.59. The summed E-state index contributed by atoms with van der Waals surface area (Å²) in [4.78, 5) is 56.9. The quantitative estimate of drug-likeness (QED) is 0.518. The maximum atomic E-state index is 12.8. The first-order valence-corrected chi connectivity index (χ1v) is 9.62. The fourth-order valence-electron chi connectivity index (χ4n) is 3.44. The van der Waals surface area contributed by atoms with E-state index in [2.05, 4.69) is 20.6 Å². The third kappa shape index (κ3) is 5.90. The molecular weight excluding hydrogens is 362 g/mol. The van der Waals surface area contributed by atoms with Gasteiger partial charge in [0.15, 0.2) is 0 Å². The Hall–Kier alpha value is -2.71. The number of carbonyl (C=O) groups is 4. The highest BCUT2D eigenvalue weighted by Crippen LogP contribution is 2.18. The monoisotopic (exact) mass is 391 g/mol. The Kier molecular flexibility index (Phi) is 7.71. The van der Waals surface area contributed by atoms with E-state index in [0.29, 0.717) is 32.1 Å². The van der Waals surface area contributed by atoms with Gasteiger partial charge in [0, 0.05) is 31.8 Å². The van der Waals surface area contributed by atoms with Crippen LogP contribution in [0.25, 0.3) is 0 Å². The highest BCUT2D eigenvalue weighted by molar-refractivity contribution is 5.92. The Morgan fingerprint density at radius 3 is 2.68 bits per heavy atom. The first-order valence-electron chi connectivity index (χ1n) is 9.62. The number of imidazole rings is 1. The number of H-pyrrole nitrogens is 1. The molecule has 3 unspecified atom stereocenters. The molecule has 1 aromatic heterocycles. The number of aromatic amines is 1. The zero-order valence-corrected chi connectivity index (χ0v) is 16.6. The van der Waals surface area contributed by atoms with Crippen LogP contribution in [-0.4, -0.2) is 63.5 Å². The van der Waals surface area contributed by atoms with Gasteiger partial charge < -0.3 is 25.3 Å². The van der Waals surface area contributed by atoms with Gasteiger partial charge in [-0.25, -0.2) is 4.98 Å². The molecule has 3 N–H and O–H groups in total. The average molecular weight is 391 g/mol. The molecule has 9 heteroatoms. The first kappa shape index (κ1) is 21.6. The third-order valence-corrected chi connectivity index (χ3v) is 4.79. The largest absolute Gasteiger partial charge is 0.348 e. The minimum atomic E-state index is -0.772. The van der Waals surface area contributed by atoms with Gasteiger partial charge in [0.25, 0.3) is 0 Å². The highest BCUT2D eigenvalue weighted by atomic mass is 16.2. The molecule has 0 saturated carbocycles. The number of hydrogen-bond acceptors (Lipinski definition) is 5. The summed E-state index contributed by atoms with van der Waals surface area (Å²) < 4.78 is 0. The van der Waals surface area contributed by atoms with E-state index in [0.717, 1.165) is 12.1 Å². The van der Waals surface area contributed by atoms with Crippen molar-refractivity contribution in [2.45, 2.75) is 64.6 Å². The molecule has 0 radical (unpaired) electrons. The summed E-state index contributed by atoms with van der Waals surface area (Å²) in [6, 6.07) is -2.04. The molecule has 154 valence electrons. The lowest BCUT2D eigenvalue weighted by molar-refractivity contribution is -0.138. The van der Waals surface area contributed by atoms with Gasteiger partial charge in [0.05, 0.1) is 12.4 Å². The van der Waals surface area contributed by atoms with Gasteiger partial charge in [-0.1, -0.05) is 13.8 Å². The Morgan fingerprint density at radius 2 is 2.11 bits per heavy atom. The smallest absolute Gasteiger partial charge is 0.243 e. The molecule has 3 atom stereocenters. The normalized spacial score (nSPS) is 18.6. The molecule has 1 aromatic rings. The summed E-state index contributed by atoms with van der Waals surface area (Å²) in [5.41, 5.74) is 0.727. The zero-order valence-electron chi connectivity index (χ0n) is 16.6. The number of amides is 3. The Bertz CT molecular complexity index is 689. The van der Waals surface area contributed by atoms with Crippen molar-refractivity contribution in [3.63, 3.8) is 0 Å². The van der Waals surface area contributed by atoms with E-state index in [4.69, 9.17) is 0 Å². The van der Waals surface area contributed by atoms with Crippen molar-refractivity contribution in [1.29, 1.82) is 0 Å². The Morgan fingerprint density at radius 1 is 1.36 bits per heavy atom. The number of aromatic nitrogens is 2. The number of nitrogens with zero attached hydrogens (tertiary/aromatic N) is 2. The van der Waals surface area contributed by atoms with Crippen LogP contribution < -0.4 is 10.6 Å². The van der Waals surface area contributed by atoms with Crippen LogP contribution >= 0.6 is 0 Å². The summed E-state index contributed by atoms with van der Waals surface area (Å²) in [5.74, 6) is -0.732. The van der Waals surface area contributed by atoms with Crippen LogP contribution in [-0.2, 0) is 25.6 Å². The molecule has 0 aromatic carbocycles. The van der Waals surface area contributed by atoms with Crippen LogP contribution in [0, 0.1) is 5.92 Å². The molecule has 9 nitrogen and oxygen atoms in total. The van der Waals surface area contributed by atoms with E-state index in [1.165, 1.54) is 18.2 Å². The van der Waals surface area contributed by atoms with Crippen molar-refractivity contribution in [1.82, 2.24) is 25.5 Å². The van der Waals surface area contributed by atoms with E-state index in [9.17, 15) is 19.2 Å². The Balaban J connectivity index is 2.02. The summed E-state index contributed by atoms with van der Waals surface area (Å²) in [6.07, 6.45) is 5.82. The molecule has 2 rings (SSSR count). The lowest BCUT2D eigenvalue weighted by atomic mass is 10.0. The SMILES string of the molecule is CC(=O)N1CCCC1C(=O)NC(CC(C)C)C(=O)NC(C=O)Cc1cnc[nH]1. The predicted octanol–water partition coefficient (Wildman–Crippen LogP) is 0.178. The average Bonchev–Trinajstić information content (AvgIpc) is 3.31. The molecule has 1 aliphatic heterocycles. The molecule has 1 saturated heterocycles. The fourth-order valence-corrected chi connectivity index (χ4v) is 3.44. The zero-order chi connectivity index (χ0) is 20.7. The molecule has 0 aliphatic carbocycles. The van der Waals surface area contributed by atoms with Crippen molar-refractivity contribution < 1.29 is 19.2 Å². The van der Waals surface area contributed by atoms with Crippen LogP contribution in [0.4, 0.5) is 0 Å². The molecular formula is C19H29N5O4. The number of carbonyl (C=O) groups excluding carboxylic acids is 4. The minimum Gasteiger partial charge on any atom is -0.348 e. The first-order chi connectivity index (χ1) is 13.3. The van der Waals surface area contributed by atoms with E-state index in [-0.39, 0.29) is 17.7 Å². The maximum absolute atomic E-state index is 12.8. The number of rotatable bonds is 9. The van der Waals surface area contributed by atoms with E-state index in [1.54, 1.807) is 6.20 Å². The maximum Gasteiger partial charge on any atom is 0.243 e. The van der Waals surface area contributed by atoms with Crippen LogP contribution in [0.15, 0.2) is 12.5 Å². The van der Waals surface area contributed by atoms with Crippen molar-refractivity contribution in [2.24, 2.45) is 5.92 Å². The third-order valence-electron chi connectivity index (χ3n) is 4.79.